The van der Waals surface area contributed by atoms with Gasteiger partial charge in [-0.2, -0.15) is 0 Å². The van der Waals surface area contributed by atoms with Crippen LogP contribution in [-0.2, 0) is 28.6 Å². The molecule has 1 fully saturated rings. The molecule has 0 radical (unpaired) electrons. The van der Waals surface area contributed by atoms with Crippen LogP contribution in [0.3, 0.4) is 0 Å². The molecular formula is C23H44N4O6. The summed E-state index contributed by atoms with van der Waals surface area (Å²) in [5.41, 5.74) is 0. The molecular weight excluding hydrogens is 428 g/mol. The lowest BCUT2D eigenvalue weighted by molar-refractivity contribution is -0.151. The van der Waals surface area contributed by atoms with E-state index in [1.54, 1.807) is 20.8 Å². The predicted octanol–water partition coefficient (Wildman–Crippen LogP) is 0.350. The number of hydrogen-bond acceptors (Lipinski definition) is 10. The Morgan fingerprint density at radius 3 is 1.15 bits per heavy atom. The lowest BCUT2D eigenvalue weighted by Crippen LogP contribution is -2.53. The van der Waals surface area contributed by atoms with Gasteiger partial charge in [-0.1, -0.05) is 0 Å². The highest BCUT2D eigenvalue weighted by Crippen LogP contribution is 2.09. The van der Waals surface area contributed by atoms with Crippen LogP contribution in [0.5, 0.6) is 0 Å². The fourth-order valence-electron chi connectivity index (χ4n) is 3.82. The molecule has 0 bridgehead atoms. The molecule has 33 heavy (non-hydrogen) atoms. The number of hydrogen-bond donors (Lipinski definition) is 1. The third-order valence-electron chi connectivity index (χ3n) is 6.03. The highest BCUT2D eigenvalue weighted by Gasteiger charge is 2.29. The number of ether oxygens (including phenoxy) is 3. The van der Waals surface area contributed by atoms with Crippen LogP contribution in [0.1, 0.15) is 41.5 Å². The Balaban J connectivity index is 3.01. The van der Waals surface area contributed by atoms with E-state index >= 15 is 0 Å². The van der Waals surface area contributed by atoms with Crippen molar-refractivity contribution in [3.8, 4) is 0 Å². The zero-order chi connectivity index (χ0) is 24.8. The summed E-state index contributed by atoms with van der Waals surface area (Å²) in [4.78, 5) is 43.4. The number of nitrogens with one attached hydrogen (secondary N) is 1. The zero-order valence-electron chi connectivity index (χ0n) is 21.3. The Labute approximate surface area is 198 Å². The Hall–Kier alpha value is -1.75. The molecule has 0 aromatic rings. The first kappa shape index (κ1) is 29.3. The maximum absolute atomic E-state index is 12.5. The first-order valence-electron chi connectivity index (χ1n) is 12.2. The molecule has 1 heterocycles. The maximum atomic E-state index is 12.5. The lowest BCUT2D eigenvalue weighted by atomic mass is 10.2. The quantitative estimate of drug-likeness (QED) is 0.374. The predicted molar refractivity (Wildman–Crippen MR) is 126 cm³/mol. The van der Waals surface area contributed by atoms with Gasteiger partial charge < -0.3 is 19.5 Å². The van der Waals surface area contributed by atoms with Crippen molar-refractivity contribution in [3.05, 3.63) is 0 Å². The highest BCUT2D eigenvalue weighted by atomic mass is 16.5. The first-order chi connectivity index (χ1) is 15.8. The van der Waals surface area contributed by atoms with Gasteiger partial charge in [0, 0.05) is 52.4 Å². The summed E-state index contributed by atoms with van der Waals surface area (Å²) in [5.74, 6) is -0.769. The molecule has 1 N–H and O–H groups in total. The summed E-state index contributed by atoms with van der Waals surface area (Å²) in [6, 6.07) is -1.20. The van der Waals surface area contributed by atoms with E-state index in [9.17, 15) is 14.4 Å². The molecule has 0 saturated carbocycles. The SMILES string of the molecule is CCOC(=O)C(C)N1CCNCCN(C(C)C(=O)OCC)CCN(C(C)C(=O)OCC)CC1. The van der Waals surface area contributed by atoms with Crippen molar-refractivity contribution in [2.75, 3.05) is 72.2 Å². The van der Waals surface area contributed by atoms with Crippen LogP contribution in [0.15, 0.2) is 0 Å². The minimum Gasteiger partial charge on any atom is -0.465 e. The van der Waals surface area contributed by atoms with Gasteiger partial charge in [0.2, 0.25) is 0 Å². The molecule has 1 saturated heterocycles. The summed E-state index contributed by atoms with van der Waals surface area (Å²) in [6.45, 7) is 17.0. The van der Waals surface area contributed by atoms with Crippen LogP contribution < -0.4 is 5.32 Å². The highest BCUT2D eigenvalue weighted by molar-refractivity contribution is 5.76. The van der Waals surface area contributed by atoms with Crippen molar-refractivity contribution in [1.29, 1.82) is 0 Å². The van der Waals surface area contributed by atoms with Crippen LogP contribution in [-0.4, -0.2) is 123 Å². The van der Waals surface area contributed by atoms with E-state index in [0.29, 0.717) is 72.2 Å². The van der Waals surface area contributed by atoms with Crippen molar-refractivity contribution in [2.45, 2.75) is 59.7 Å². The van der Waals surface area contributed by atoms with Gasteiger partial charge in [-0.05, 0) is 41.5 Å². The lowest BCUT2D eigenvalue weighted by Gasteiger charge is -2.36. The molecule has 0 aromatic carbocycles. The topological polar surface area (TPSA) is 101 Å². The van der Waals surface area contributed by atoms with Crippen molar-refractivity contribution in [1.82, 2.24) is 20.0 Å². The standard InChI is InChI=1S/C23H44N4O6/c1-7-31-21(28)18(4)25-12-10-24-11-13-26(19(5)22(29)32-8-2)15-17-27(16-14-25)20(6)23(30)33-9-3/h18-20,24H,7-17H2,1-6H3. The number of carbonyl (C=O) groups is 3. The smallest absolute Gasteiger partial charge is 0.323 e. The third kappa shape index (κ3) is 9.95. The van der Waals surface area contributed by atoms with Crippen molar-refractivity contribution in [3.63, 3.8) is 0 Å². The molecule has 10 nitrogen and oxygen atoms in total. The van der Waals surface area contributed by atoms with Gasteiger partial charge in [0.05, 0.1) is 19.8 Å². The third-order valence-corrected chi connectivity index (χ3v) is 6.03. The van der Waals surface area contributed by atoms with Gasteiger partial charge in [-0.15, -0.1) is 0 Å². The summed E-state index contributed by atoms with van der Waals surface area (Å²) < 4.78 is 15.7. The number of nitrogens with zero attached hydrogens (tertiary/aromatic N) is 3. The van der Waals surface area contributed by atoms with E-state index < -0.39 is 6.04 Å². The van der Waals surface area contributed by atoms with Gasteiger partial charge in [0.1, 0.15) is 18.1 Å². The van der Waals surface area contributed by atoms with Crippen LogP contribution in [0, 0.1) is 0 Å². The van der Waals surface area contributed by atoms with Gasteiger partial charge in [-0.3, -0.25) is 29.1 Å². The van der Waals surface area contributed by atoms with Crippen molar-refractivity contribution in [2.24, 2.45) is 0 Å². The second-order valence-corrected chi connectivity index (χ2v) is 8.14. The minimum absolute atomic E-state index is 0.246. The molecule has 0 spiro atoms. The molecule has 0 aliphatic carbocycles. The summed E-state index contributed by atoms with van der Waals surface area (Å²) in [6.07, 6.45) is 0. The average Bonchev–Trinajstić information content (AvgIpc) is 2.78. The van der Waals surface area contributed by atoms with Gasteiger partial charge in [0.25, 0.3) is 0 Å². The normalized spacial score (nSPS) is 20.5. The zero-order valence-corrected chi connectivity index (χ0v) is 21.3. The van der Waals surface area contributed by atoms with Crippen molar-refractivity contribution < 1.29 is 28.6 Å². The molecule has 1 aliphatic rings. The van der Waals surface area contributed by atoms with Gasteiger partial charge in [-0.25, -0.2) is 0 Å². The first-order valence-corrected chi connectivity index (χ1v) is 12.2. The summed E-state index contributed by atoms with van der Waals surface area (Å²) in [7, 11) is 0. The minimum atomic E-state index is -0.439. The molecule has 1 rings (SSSR count). The van der Waals surface area contributed by atoms with Gasteiger partial charge in [0.15, 0.2) is 0 Å². The molecule has 3 unspecified atom stereocenters. The van der Waals surface area contributed by atoms with E-state index in [2.05, 4.69) is 20.0 Å². The second-order valence-electron chi connectivity index (χ2n) is 8.14. The van der Waals surface area contributed by atoms with E-state index in [4.69, 9.17) is 14.2 Å². The van der Waals surface area contributed by atoms with E-state index in [-0.39, 0.29) is 30.0 Å². The van der Waals surface area contributed by atoms with Crippen LogP contribution >= 0.6 is 0 Å². The van der Waals surface area contributed by atoms with E-state index in [1.807, 2.05) is 20.8 Å². The largest absolute Gasteiger partial charge is 0.465 e. The van der Waals surface area contributed by atoms with E-state index in [0.717, 1.165) is 0 Å². The molecule has 0 aromatic heterocycles. The van der Waals surface area contributed by atoms with Crippen LogP contribution in [0.25, 0.3) is 0 Å². The maximum Gasteiger partial charge on any atom is 0.323 e. The van der Waals surface area contributed by atoms with E-state index in [1.165, 1.54) is 0 Å². The monoisotopic (exact) mass is 472 g/mol. The Bertz CT molecular complexity index is 568. The fraction of sp³-hybridized carbons (Fsp3) is 0.870. The fourth-order valence-corrected chi connectivity index (χ4v) is 3.82. The number of rotatable bonds is 9. The Morgan fingerprint density at radius 1 is 0.606 bits per heavy atom. The average molecular weight is 473 g/mol. The molecule has 3 atom stereocenters. The molecule has 1 aliphatic heterocycles. The van der Waals surface area contributed by atoms with Crippen LogP contribution in [0.2, 0.25) is 0 Å². The molecule has 10 heteroatoms. The van der Waals surface area contributed by atoms with Gasteiger partial charge >= 0.3 is 17.9 Å². The second kappa shape index (κ2) is 16.0. The van der Waals surface area contributed by atoms with Crippen molar-refractivity contribution >= 4 is 17.9 Å². The van der Waals surface area contributed by atoms with Crippen LogP contribution in [0.4, 0.5) is 0 Å². The Morgan fingerprint density at radius 2 is 0.879 bits per heavy atom. The number of carbonyl (C=O) groups excluding carboxylic acids is 3. The summed E-state index contributed by atoms with van der Waals surface area (Å²) in [5, 5.41) is 3.41. The Kier molecular flexibility index (Phi) is 14.2. The number of esters is 3. The molecule has 0 amide bonds. The summed E-state index contributed by atoms with van der Waals surface area (Å²) >= 11 is 0. The molecule has 192 valence electrons.